The number of methoxy groups -OCH3 is 1. The lowest BCUT2D eigenvalue weighted by atomic mass is 9.83. The van der Waals surface area contributed by atoms with Gasteiger partial charge in [0.05, 0.1) is 12.9 Å². The van der Waals surface area contributed by atoms with Gasteiger partial charge in [0.15, 0.2) is 16.8 Å². The SMILES string of the molecule is COc1ccc(-n2c(SCC(=O)/C=C3/N(C)c4ccccc4C3(C)C)nnc2-c2ccncc2)cc1. The van der Waals surface area contributed by atoms with Gasteiger partial charge in [-0.05, 0) is 48.0 Å². The fourth-order valence-corrected chi connectivity index (χ4v) is 5.38. The number of hydrogen-bond acceptors (Lipinski definition) is 7. The van der Waals surface area contributed by atoms with E-state index < -0.39 is 0 Å². The molecule has 0 aliphatic carbocycles. The Kier molecular flexibility index (Phi) is 6.36. The quantitative estimate of drug-likeness (QED) is 0.253. The number of ketones is 1. The van der Waals surface area contributed by atoms with E-state index in [1.807, 2.05) is 60.1 Å². The number of allylic oxidation sites excluding steroid dienone is 2. The van der Waals surface area contributed by atoms with E-state index in [4.69, 9.17) is 4.74 Å². The topological polar surface area (TPSA) is 73.1 Å². The molecular formula is C28H27N5O2S. The predicted octanol–water partition coefficient (Wildman–Crippen LogP) is 5.31. The lowest BCUT2D eigenvalue weighted by Crippen LogP contribution is -2.24. The number of thioether (sulfide) groups is 1. The molecule has 0 atom stereocenters. The van der Waals surface area contributed by atoms with Crippen LogP contribution in [0.2, 0.25) is 0 Å². The van der Waals surface area contributed by atoms with Crippen molar-refractivity contribution in [3.05, 3.63) is 90.4 Å². The minimum Gasteiger partial charge on any atom is -0.497 e. The van der Waals surface area contributed by atoms with Crippen LogP contribution in [0.15, 0.2) is 90.0 Å². The van der Waals surface area contributed by atoms with E-state index in [-0.39, 0.29) is 17.0 Å². The third-order valence-electron chi connectivity index (χ3n) is 6.48. The highest BCUT2D eigenvalue weighted by Crippen LogP contribution is 2.46. The van der Waals surface area contributed by atoms with Crippen LogP contribution in [-0.2, 0) is 10.2 Å². The van der Waals surface area contributed by atoms with Crippen LogP contribution in [0, 0.1) is 0 Å². The molecule has 3 heterocycles. The zero-order chi connectivity index (χ0) is 25.3. The van der Waals surface area contributed by atoms with Gasteiger partial charge < -0.3 is 9.64 Å². The minimum absolute atomic E-state index is 0.0254. The molecule has 0 N–H and O–H groups in total. The van der Waals surface area contributed by atoms with E-state index in [1.54, 1.807) is 25.6 Å². The number of rotatable bonds is 7. The molecule has 7 nitrogen and oxygen atoms in total. The van der Waals surface area contributed by atoms with Gasteiger partial charge in [-0.15, -0.1) is 10.2 Å². The number of carbonyl (C=O) groups is 1. The van der Waals surface area contributed by atoms with Gasteiger partial charge in [-0.2, -0.15) is 0 Å². The van der Waals surface area contributed by atoms with Crippen molar-refractivity contribution in [1.82, 2.24) is 19.7 Å². The van der Waals surface area contributed by atoms with Crippen LogP contribution < -0.4 is 9.64 Å². The van der Waals surface area contributed by atoms with Crippen molar-refractivity contribution < 1.29 is 9.53 Å². The summed E-state index contributed by atoms with van der Waals surface area (Å²) in [6, 6.07) is 19.8. The van der Waals surface area contributed by atoms with Crippen molar-refractivity contribution in [3.63, 3.8) is 0 Å². The summed E-state index contributed by atoms with van der Waals surface area (Å²) in [6.07, 6.45) is 5.22. The van der Waals surface area contributed by atoms with Gasteiger partial charge >= 0.3 is 0 Å². The van der Waals surface area contributed by atoms with Crippen LogP contribution in [0.25, 0.3) is 17.1 Å². The molecule has 5 rings (SSSR count). The molecular weight excluding hydrogens is 470 g/mol. The summed E-state index contributed by atoms with van der Waals surface area (Å²) in [6.45, 7) is 4.31. The van der Waals surface area contributed by atoms with E-state index in [0.717, 1.165) is 28.4 Å². The first-order valence-corrected chi connectivity index (χ1v) is 12.6. The number of para-hydroxylation sites is 1. The van der Waals surface area contributed by atoms with Crippen molar-refractivity contribution in [3.8, 4) is 22.8 Å². The van der Waals surface area contributed by atoms with Crippen molar-refractivity contribution >= 4 is 23.2 Å². The van der Waals surface area contributed by atoms with Gasteiger partial charge in [0.25, 0.3) is 0 Å². The summed E-state index contributed by atoms with van der Waals surface area (Å²) >= 11 is 1.37. The number of nitrogens with zero attached hydrogens (tertiary/aromatic N) is 5. The van der Waals surface area contributed by atoms with Crippen LogP contribution in [0.4, 0.5) is 5.69 Å². The molecule has 0 amide bonds. The maximum atomic E-state index is 13.2. The molecule has 2 aromatic heterocycles. The number of pyridine rings is 1. The third kappa shape index (κ3) is 4.28. The summed E-state index contributed by atoms with van der Waals surface area (Å²) in [4.78, 5) is 19.4. The van der Waals surface area contributed by atoms with Crippen molar-refractivity contribution in [1.29, 1.82) is 0 Å². The van der Waals surface area contributed by atoms with E-state index in [0.29, 0.717) is 11.0 Å². The lowest BCUT2D eigenvalue weighted by molar-refractivity contribution is -0.112. The maximum absolute atomic E-state index is 13.2. The second-order valence-electron chi connectivity index (χ2n) is 9.06. The number of benzene rings is 2. The highest BCUT2D eigenvalue weighted by molar-refractivity contribution is 7.99. The van der Waals surface area contributed by atoms with Gasteiger partial charge in [-0.25, -0.2) is 0 Å². The van der Waals surface area contributed by atoms with Crippen LogP contribution in [-0.4, -0.2) is 45.4 Å². The Morgan fingerprint density at radius 3 is 2.44 bits per heavy atom. The van der Waals surface area contributed by atoms with E-state index in [9.17, 15) is 4.79 Å². The van der Waals surface area contributed by atoms with Gasteiger partial charge in [0.1, 0.15) is 5.75 Å². The Balaban J connectivity index is 1.43. The highest BCUT2D eigenvalue weighted by atomic mass is 32.2. The van der Waals surface area contributed by atoms with Crippen molar-refractivity contribution in [2.45, 2.75) is 24.4 Å². The zero-order valence-electron chi connectivity index (χ0n) is 20.7. The van der Waals surface area contributed by atoms with Gasteiger partial charge in [0.2, 0.25) is 0 Å². The van der Waals surface area contributed by atoms with Crippen LogP contribution >= 0.6 is 11.8 Å². The summed E-state index contributed by atoms with van der Waals surface area (Å²) in [5, 5.41) is 9.52. The number of carbonyl (C=O) groups excluding carboxylic acids is 1. The number of fused-ring (bicyclic) bond motifs is 1. The van der Waals surface area contributed by atoms with Gasteiger partial charge in [-0.3, -0.25) is 14.3 Å². The molecule has 0 bridgehead atoms. The highest BCUT2D eigenvalue weighted by Gasteiger charge is 2.38. The normalized spacial score (nSPS) is 15.2. The molecule has 8 heteroatoms. The molecule has 1 aliphatic heterocycles. The fraction of sp³-hybridized carbons (Fsp3) is 0.214. The van der Waals surface area contributed by atoms with Crippen LogP contribution in [0.5, 0.6) is 5.75 Å². The minimum atomic E-state index is -0.247. The molecule has 182 valence electrons. The average molecular weight is 498 g/mol. The molecule has 4 aromatic rings. The molecule has 0 radical (unpaired) electrons. The number of likely N-dealkylation sites (N-methyl/N-ethyl adjacent to an activating group) is 1. The Bertz CT molecular complexity index is 1430. The van der Waals surface area contributed by atoms with Crippen LogP contribution in [0.1, 0.15) is 19.4 Å². The molecule has 0 saturated heterocycles. The standard InChI is InChI=1S/C28H27N5O2S/c1-28(2)23-7-5-6-8-24(23)32(3)25(28)17-21(34)18-36-27-31-30-26(19-13-15-29-16-14-19)33(27)20-9-11-22(35-4)12-10-20/h5-17H,18H2,1-4H3/b25-17+. The summed E-state index contributed by atoms with van der Waals surface area (Å²) in [5.74, 6) is 1.71. The zero-order valence-corrected chi connectivity index (χ0v) is 21.5. The summed E-state index contributed by atoms with van der Waals surface area (Å²) < 4.78 is 7.27. The molecule has 0 unspecified atom stereocenters. The van der Waals surface area contributed by atoms with Crippen molar-refractivity contribution in [2.24, 2.45) is 0 Å². The molecule has 36 heavy (non-hydrogen) atoms. The number of aromatic nitrogens is 4. The van der Waals surface area contributed by atoms with Crippen LogP contribution in [0.3, 0.4) is 0 Å². The predicted molar refractivity (Wildman–Crippen MR) is 143 cm³/mol. The van der Waals surface area contributed by atoms with Gasteiger partial charge in [-0.1, -0.05) is 43.8 Å². The number of anilines is 1. The first-order chi connectivity index (χ1) is 17.4. The Morgan fingerprint density at radius 1 is 1.03 bits per heavy atom. The van der Waals surface area contributed by atoms with E-state index >= 15 is 0 Å². The first-order valence-electron chi connectivity index (χ1n) is 11.6. The number of hydrogen-bond donors (Lipinski definition) is 0. The van der Waals surface area contributed by atoms with Gasteiger partial charge in [0, 0.05) is 53.6 Å². The Morgan fingerprint density at radius 2 is 1.75 bits per heavy atom. The molecule has 1 aliphatic rings. The second-order valence-corrected chi connectivity index (χ2v) is 10.0. The largest absolute Gasteiger partial charge is 0.497 e. The summed E-state index contributed by atoms with van der Waals surface area (Å²) in [7, 11) is 3.65. The maximum Gasteiger partial charge on any atom is 0.196 e. The first kappa shape index (κ1) is 23.8. The Labute approximate surface area is 214 Å². The smallest absolute Gasteiger partial charge is 0.196 e. The van der Waals surface area contributed by atoms with Crippen molar-refractivity contribution in [2.75, 3.05) is 24.8 Å². The molecule has 2 aromatic carbocycles. The van der Waals surface area contributed by atoms with E-state index in [1.165, 1.54) is 17.3 Å². The van der Waals surface area contributed by atoms with E-state index in [2.05, 4.69) is 46.1 Å². The summed E-state index contributed by atoms with van der Waals surface area (Å²) in [5.41, 5.74) is 4.87. The lowest BCUT2D eigenvalue weighted by Gasteiger charge is -2.23. The third-order valence-corrected chi connectivity index (χ3v) is 7.44. The fourth-order valence-electron chi connectivity index (χ4n) is 4.60. The molecule has 0 saturated carbocycles. The number of ether oxygens (including phenoxy) is 1. The average Bonchev–Trinajstić information content (AvgIpc) is 3.41. The second kappa shape index (κ2) is 9.62. The molecule has 0 fully saturated rings. The monoisotopic (exact) mass is 497 g/mol. The Hall–Kier alpha value is -3.91. The molecule has 0 spiro atoms.